The summed E-state index contributed by atoms with van der Waals surface area (Å²) < 4.78 is 119. The molecule has 236 valence electrons. The number of rotatable bonds is 8. The second-order valence-electron chi connectivity index (χ2n) is 10.3. The topological polar surface area (TPSA) is 125 Å². The zero-order valence-corrected chi connectivity index (χ0v) is 23.2. The van der Waals surface area contributed by atoms with E-state index in [4.69, 9.17) is 4.74 Å². The number of hydrogen-bond donors (Lipinski definition) is 3. The molecular weight excluding hydrogens is 622 g/mol. The lowest BCUT2D eigenvalue weighted by Gasteiger charge is -2.39. The van der Waals surface area contributed by atoms with Gasteiger partial charge in [0.1, 0.15) is 35.1 Å². The molecule has 0 amide bonds. The standard InChI is InChI=1S/C28H24F6N2O7S/c29-18-8-16(9-19(12-18)43-26(30)31)15-4-5-23-22(10-15)36(44(40,41)21-3-1-2-17(11-21)28(32,33)34)14-20(42-23)13-27(25(38)39)6-7-35-24(27)37/h1-5,8-12,20,24,26,35,37H,6-7,13-14H2,(H,38,39)/t20-,24?,27-/m0/s1. The maximum absolute atomic E-state index is 14.3. The number of aliphatic carboxylic acids is 1. The molecule has 0 radical (unpaired) electrons. The molecule has 3 N–H and O–H groups in total. The lowest BCUT2D eigenvalue weighted by Crippen LogP contribution is -2.50. The van der Waals surface area contributed by atoms with E-state index in [-0.39, 0.29) is 42.0 Å². The minimum atomic E-state index is -4.86. The molecule has 0 aliphatic carbocycles. The molecule has 0 aromatic heterocycles. The van der Waals surface area contributed by atoms with Crippen molar-refractivity contribution < 1.29 is 59.2 Å². The molecule has 2 heterocycles. The van der Waals surface area contributed by atoms with Crippen molar-refractivity contribution in [2.24, 2.45) is 5.41 Å². The number of alkyl halides is 5. The first kappa shape index (κ1) is 31.4. The number of nitrogens with zero attached hydrogens (tertiary/aromatic N) is 1. The normalized spacial score (nSPS) is 22.0. The summed E-state index contributed by atoms with van der Waals surface area (Å²) in [4.78, 5) is 11.5. The van der Waals surface area contributed by atoms with Crippen molar-refractivity contribution in [2.75, 3.05) is 17.4 Å². The number of carboxylic acids is 1. The van der Waals surface area contributed by atoms with Crippen LogP contribution in [0.3, 0.4) is 0 Å². The van der Waals surface area contributed by atoms with Gasteiger partial charge in [0.05, 0.1) is 22.7 Å². The van der Waals surface area contributed by atoms with Gasteiger partial charge in [0.15, 0.2) is 0 Å². The highest BCUT2D eigenvalue weighted by Crippen LogP contribution is 2.44. The smallest absolute Gasteiger partial charge is 0.416 e. The first-order valence-corrected chi connectivity index (χ1v) is 14.5. The molecule has 2 aliphatic heterocycles. The number of carboxylic acid groups (broad SMARTS) is 1. The summed E-state index contributed by atoms with van der Waals surface area (Å²) in [6, 6.07) is 9.66. The Morgan fingerprint density at radius 3 is 2.50 bits per heavy atom. The van der Waals surface area contributed by atoms with E-state index in [9.17, 15) is 49.8 Å². The second-order valence-corrected chi connectivity index (χ2v) is 12.2. The fourth-order valence-electron chi connectivity index (χ4n) is 5.38. The highest BCUT2D eigenvalue weighted by Gasteiger charge is 2.52. The molecule has 5 rings (SSSR count). The third-order valence-corrected chi connectivity index (χ3v) is 9.30. The zero-order valence-electron chi connectivity index (χ0n) is 22.4. The highest BCUT2D eigenvalue weighted by atomic mass is 32.2. The maximum Gasteiger partial charge on any atom is 0.416 e. The molecule has 16 heteroatoms. The van der Waals surface area contributed by atoms with E-state index in [1.165, 1.54) is 18.2 Å². The number of benzene rings is 3. The van der Waals surface area contributed by atoms with Crippen molar-refractivity contribution in [3.8, 4) is 22.6 Å². The Kier molecular flexibility index (Phi) is 8.20. The van der Waals surface area contributed by atoms with Crippen molar-refractivity contribution in [2.45, 2.75) is 42.9 Å². The summed E-state index contributed by atoms with van der Waals surface area (Å²) in [5, 5.41) is 23.0. The summed E-state index contributed by atoms with van der Waals surface area (Å²) in [6.45, 7) is -3.67. The molecule has 3 aromatic carbocycles. The van der Waals surface area contributed by atoms with Crippen molar-refractivity contribution in [1.29, 1.82) is 0 Å². The Morgan fingerprint density at radius 1 is 1.11 bits per heavy atom. The van der Waals surface area contributed by atoms with Crippen LogP contribution in [0, 0.1) is 11.2 Å². The molecule has 0 spiro atoms. The summed E-state index contributed by atoms with van der Waals surface area (Å²) in [5.74, 6) is -2.93. The van der Waals surface area contributed by atoms with Crippen LogP contribution in [0.1, 0.15) is 18.4 Å². The summed E-state index contributed by atoms with van der Waals surface area (Å²) >= 11 is 0. The Bertz CT molecular complexity index is 1690. The van der Waals surface area contributed by atoms with E-state index >= 15 is 0 Å². The number of fused-ring (bicyclic) bond motifs is 1. The van der Waals surface area contributed by atoms with Crippen molar-refractivity contribution in [3.63, 3.8) is 0 Å². The number of anilines is 1. The minimum absolute atomic E-state index is 0.00646. The van der Waals surface area contributed by atoms with Gasteiger partial charge >= 0.3 is 18.8 Å². The van der Waals surface area contributed by atoms with Gasteiger partial charge in [-0.3, -0.25) is 14.4 Å². The van der Waals surface area contributed by atoms with Crippen molar-refractivity contribution in [1.82, 2.24) is 5.32 Å². The van der Waals surface area contributed by atoms with Crippen LogP contribution in [0.2, 0.25) is 0 Å². The summed E-state index contributed by atoms with van der Waals surface area (Å²) in [6.07, 6.45) is -7.92. The predicted molar refractivity (Wildman–Crippen MR) is 142 cm³/mol. The molecule has 1 saturated heterocycles. The molecule has 44 heavy (non-hydrogen) atoms. The van der Waals surface area contributed by atoms with E-state index in [1.54, 1.807) is 0 Å². The molecular formula is C28H24F6N2O7S. The SMILES string of the molecule is O=C(O)[C@]1(C[C@H]2CN(S(=O)(=O)c3cccc(C(F)(F)F)c3)c3cc(-c4cc(F)cc(OC(F)F)c4)ccc3O2)CCNC1O. The number of nitrogens with one attached hydrogen (secondary N) is 1. The van der Waals surface area contributed by atoms with Crippen molar-refractivity contribution in [3.05, 3.63) is 72.0 Å². The number of carbonyl (C=O) groups is 1. The Labute approximate surface area is 246 Å². The van der Waals surface area contributed by atoms with Gasteiger partial charge < -0.3 is 19.7 Å². The van der Waals surface area contributed by atoms with Crippen LogP contribution in [0.4, 0.5) is 32.0 Å². The molecule has 2 aliphatic rings. The van der Waals surface area contributed by atoms with Crippen LogP contribution >= 0.6 is 0 Å². The fraction of sp³-hybridized carbons (Fsp3) is 0.321. The van der Waals surface area contributed by atoms with Gasteiger partial charge in [-0.15, -0.1) is 0 Å². The second kappa shape index (κ2) is 11.5. The highest BCUT2D eigenvalue weighted by molar-refractivity contribution is 7.92. The fourth-order valence-corrected chi connectivity index (χ4v) is 6.93. The average Bonchev–Trinajstić information content (AvgIpc) is 3.32. The van der Waals surface area contributed by atoms with Gasteiger partial charge in [0.2, 0.25) is 0 Å². The predicted octanol–water partition coefficient (Wildman–Crippen LogP) is 4.84. The molecule has 0 saturated carbocycles. The third-order valence-electron chi connectivity index (χ3n) is 7.52. The van der Waals surface area contributed by atoms with E-state index in [2.05, 4.69) is 10.1 Å². The van der Waals surface area contributed by atoms with Gasteiger partial charge in [-0.2, -0.15) is 22.0 Å². The number of sulfonamides is 1. The Morgan fingerprint density at radius 2 is 1.86 bits per heavy atom. The number of halogens is 6. The first-order valence-electron chi connectivity index (χ1n) is 13.0. The van der Waals surface area contributed by atoms with Crippen LogP contribution < -0.4 is 19.1 Å². The van der Waals surface area contributed by atoms with E-state index in [0.717, 1.165) is 34.6 Å². The average molecular weight is 647 g/mol. The monoisotopic (exact) mass is 646 g/mol. The van der Waals surface area contributed by atoms with Crippen LogP contribution in [0.15, 0.2) is 65.6 Å². The van der Waals surface area contributed by atoms with Gasteiger partial charge in [-0.25, -0.2) is 12.8 Å². The lowest BCUT2D eigenvalue weighted by molar-refractivity contribution is -0.157. The number of ether oxygens (including phenoxy) is 2. The molecule has 9 nitrogen and oxygen atoms in total. The molecule has 0 bridgehead atoms. The van der Waals surface area contributed by atoms with Crippen molar-refractivity contribution >= 4 is 21.7 Å². The summed E-state index contributed by atoms with van der Waals surface area (Å²) in [7, 11) is -4.78. The third kappa shape index (κ3) is 6.01. The molecule has 3 atom stereocenters. The van der Waals surface area contributed by atoms with Crippen LogP contribution in [0.25, 0.3) is 11.1 Å². The molecule has 1 unspecified atom stereocenters. The number of aliphatic hydroxyl groups is 1. The number of hydrogen-bond acceptors (Lipinski definition) is 7. The molecule has 3 aromatic rings. The minimum Gasteiger partial charge on any atom is -0.486 e. The van der Waals surface area contributed by atoms with Gasteiger partial charge in [-0.1, -0.05) is 12.1 Å². The van der Waals surface area contributed by atoms with Gasteiger partial charge in [-0.05, 0) is 66.6 Å². The van der Waals surface area contributed by atoms with Crippen LogP contribution in [-0.4, -0.2) is 56.6 Å². The lowest BCUT2D eigenvalue weighted by atomic mass is 9.79. The largest absolute Gasteiger partial charge is 0.486 e. The van der Waals surface area contributed by atoms with Crippen LogP contribution in [-0.2, 0) is 21.0 Å². The Hall–Kier alpha value is -4.02. The maximum atomic E-state index is 14.3. The Balaban J connectivity index is 1.61. The zero-order chi connectivity index (χ0) is 32.0. The van der Waals surface area contributed by atoms with Gasteiger partial charge in [0, 0.05) is 12.5 Å². The van der Waals surface area contributed by atoms with E-state index in [1.807, 2.05) is 0 Å². The van der Waals surface area contributed by atoms with E-state index in [0.29, 0.717) is 12.1 Å². The number of aliphatic hydroxyl groups excluding tert-OH is 1. The first-order chi connectivity index (χ1) is 20.6. The quantitative estimate of drug-likeness (QED) is 0.297. The van der Waals surface area contributed by atoms with Gasteiger partial charge in [0.25, 0.3) is 10.0 Å². The van der Waals surface area contributed by atoms with E-state index < -0.39 is 75.1 Å². The summed E-state index contributed by atoms with van der Waals surface area (Å²) in [5.41, 5.74) is -3.05. The molecule has 1 fully saturated rings. The van der Waals surface area contributed by atoms with Crippen LogP contribution in [0.5, 0.6) is 11.5 Å².